The lowest BCUT2D eigenvalue weighted by atomic mass is 9.96. The van der Waals surface area contributed by atoms with Crippen LogP contribution in [-0.4, -0.2) is 39.0 Å². The lowest BCUT2D eigenvalue weighted by molar-refractivity contribution is -0.217. The molecule has 0 unspecified atom stereocenters. The molecule has 0 saturated heterocycles. The van der Waals surface area contributed by atoms with Crippen molar-refractivity contribution in [1.82, 2.24) is 9.78 Å². The van der Waals surface area contributed by atoms with Crippen LogP contribution in [-0.2, 0) is 17.9 Å². The molecule has 1 aromatic heterocycles. The quantitative estimate of drug-likeness (QED) is 0.445. The number of aromatic nitrogens is 2. The Balaban J connectivity index is 1.96. The van der Waals surface area contributed by atoms with Gasteiger partial charge in [0, 0.05) is 10.6 Å². The maximum Gasteiger partial charge on any atom is 0.181 e. The molecule has 0 spiro atoms. The van der Waals surface area contributed by atoms with Crippen LogP contribution in [0.3, 0.4) is 0 Å². The largest absolute Gasteiger partial charge is 0.497 e. The molecule has 31 heavy (non-hydrogen) atoms. The molecule has 2 N–H and O–H groups in total. The molecular weight excluding hydrogens is 416 g/mol. The minimum absolute atomic E-state index is 0.159. The Hall–Kier alpha value is -2.38. The van der Waals surface area contributed by atoms with Crippen LogP contribution in [0.5, 0.6) is 5.75 Å². The zero-order valence-corrected chi connectivity index (χ0v) is 18.8. The van der Waals surface area contributed by atoms with Gasteiger partial charge in [-0.25, -0.2) is 0 Å². The minimum Gasteiger partial charge on any atom is -0.497 e. The summed E-state index contributed by atoms with van der Waals surface area (Å²) >= 11 is 6.38. The summed E-state index contributed by atoms with van der Waals surface area (Å²) in [5.41, 5.74) is 2.45. The number of ether oxygens (including phenoxy) is 2. The Morgan fingerprint density at radius 2 is 1.81 bits per heavy atom. The van der Waals surface area contributed by atoms with Crippen LogP contribution in [0, 0.1) is 0 Å². The second-order valence-electron chi connectivity index (χ2n) is 7.44. The Morgan fingerprint density at radius 1 is 1.06 bits per heavy atom. The Bertz CT molecular complexity index is 999. The second kappa shape index (κ2) is 10.3. The van der Waals surface area contributed by atoms with E-state index in [-0.39, 0.29) is 6.61 Å². The third-order valence-electron chi connectivity index (χ3n) is 5.65. The average molecular weight is 445 g/mol. The summed E-state index contributed by atoms with van der Waals surface area (Å²) in [4.78, 5) is 0. The summed E-state index contributed by atoms with van der Waals surface area (Å²) < 4.78 is 13.2. The van der Waals surface area contributed by atoms with Crippen LogP contribution in [0.1, 0.15) is 37.9 Å². The average Bonchev–Trinajstić information content (AvgIpc) is 3.19. The van der Waals surface area contributed by atoms with E-state index < -0.39 is 11.9 Å². The van der Waals surface area contributed by atoms with E-state index in [2.05, 4.69) is 0 Å². The van der Waals surface area contributed by atoms with E-state index >= 15 is 0 Å². The molecular formula is C24H29ClN2O4. The molecule has 3 rings (SSSR count). The first kappa shape index (κ1) is 23.3. The van der Waals surface area contributed by atoms with Gasteiger partial charge in [0.25, 0.3) is 0 Å². The number of halogens is 1. The van der Waals surface area contributed by atoms with E-state index in [1.807, 2.05) is 73.1 Å². The molecule has 6 nitrogen and oxygen atoms in total. The molecule has 1 heterocycles. The van der Waals surface area contributed by atoms with Crippen LogP contribution in [0.25, 0.3) is 11.3 Å². The summed E-state index contributed by atoms with van der Waals surface area (Å²) in [7, 11) is 1.63. The first-order valence-electron chi connectivity index (χ1n) is 10.4. The number of benzene rings is 2. The monoisotopic (exact) mass is 444 g/mol. The van der Waals surface area contributed by atoms with Gasteiger partial charge in [0.05, 0.1) is 31.6 Å². The predicted molar refractivity (Wildman–Crippen MR) is 121 cm³/mol. The maximum atomic E-state index is 9.84. The van der Waals surface area contributed by atoms with Crippen molar-refractivity contribution in [2.75, 3.05) is 7.11 Å². The predicted octanol–water partition coefficient (Wildman–Crippen LogP) is 4.65. The second-order valence-corrected chi connectivity index (χ2v) is 7.84. The van der Waals surface area contributed by atoms with Crippen molar-refractivity contribution >= 4 is 11.6 Å². The number of nitrogens with zero attached hydrogens (tertiary/aromatic N) is 2. The molecule has 3 aromatic rings. The Labute approximate surface area is 188 Å². The molecule has 0 aliphatic heterocycles. The lowest BCUT2D eigenvalue weighted by Crippen LogP contribution is -2.43. The highest BCUT2D eigenvalue weighted by atomic mass is 35.5. The molecule has 0 radical (unpaired) electrons. The number of aliphatic hydroxyl groups is 2. The topological polar surface area (TPSA) is 76.7 Å². The van der Waals surface area contributed by atoms with Gasteiger partial charge in [-0.05, 0) is 42.7 Å². The van der Waals surface area contributed by atoms with Crippen molar-refractivity contribution in [1.29, 1.82) is 0 Å². The van der Waals surface area contributed by atoms with Crippen molar-refractivity contribution in [2.45, 2.75) is 51.7 Å². The minimum atomic E-state index is -1.56. The maximum absolute atomic E-state index is 9.84. The molecule has 0 amide bonds. The molecule has 0 bridgehead atoms. The van der Waals surface area contributed by atoms with Crippen LogP contribution < -0.4 is 4.74 Å². The fraction of sp³-hybridized carbons (Fsp3) is 0.375. The number of aliphatic hydroxyl groups excluding tert-OH is 1. The van der Waals surface area contributed by atoms with Crippen molar-refractivity contribution < 1.29 is 19.7 Å². The van der Waals surface area contributed by atoms with Gasteiger partial charge in [0.15, 0.2) is 6.29 Å². The van der Waals surface area contributed by atoms with Crippen LogP contribution in [0.4, 0.5) is 0 Å². The third-order valence-corrected chi connectivity index (χ3v) is 6.02. The molecule has 7 heteroatoms. The lowest BCUT2D eigenvalue weighted by Gasteiger charge is -2.33. The van der Waals surface area contributed by atoms with E-state index in [0.29, 0.717) is 30.1 Å². The Kier molecular flexibility index (Phi) is 7.73. The molecule has 166 valence electrons. The molecule has 0 aliphatic carbocycles. The van der Waals surface area contributed by atoms with Gasteiger partial charge in [-0.2, -0.15) is 5.10 Å². The van der Waals surface area contributed by atoms with Crippen molar-refractivity contribution in [2.24, 2.45) is 0 Å². The molecule has 0 saturated carbocycles. The first-order chi connectivity index (χ1) is 14.9. The standard InChI is InChI=1S/C24H29ClN2O4/c1-4-24(5-2,23(28)29)31-16-19-14-22(17-10-8-11-20(13-17)30-3)27(26-19)15-18-9-6-7-12-21(18)25/h6-14,23,28-29H,4-5,15-16H2,1-3H3. The van der Waals surface area contributed by atoms with Gasteiger partial charge in [-0.1, -0.05) is 55.8 Å². The van der Waals surface area contributed by atoms with Gasteiger partial charge in [0.1, 0.15) is 11.4 Å². The highest BCUT2D eigenvalue weighted by Crippen LogP contribution is 2.29. The highest BCUT2D eigenvalue weighted by Gasteiger charge is 2.35. The highest BCUT2D eigenvalue weighted by molar-refractivity contribution is 6.31. The molecule has 0 atom stereocenters. The van der Waals surface area contributed by atoms with Gasteiger partial charge in [-0.15, -0.1) is 0 Å². The van der Waals surface area contributed by atoms with Crippen LogP contribution in [0.2, 0.25) is 5.02 Å². The Morgan fingerprint density at radius 3 is 2.45 bits per heavy atom. The van der Waals surface area contributed by atoms with E-state index in [0.717, 1.165) is 22.6 Å². The van der Waals surface area contributed by atoms with E-state index in [1.165, 1.54) is 0 Å². The number of methoxy groups -OCH3 is 1. The van der Waals surface area contributed by atoms with Crippen LogP contribution >= 0.6 is 11.6 Å². The van der Waals surface area contributed by atoms with Crippen LogP contribution in [0.15, 0.2) is 54.6 Å². The molecule has 0 aliphatic rings. The summed E-state index contributed by atoms with van der Waals surface area (Å²) in [6, 6.07) is 17.4. The summed E-state index contributed by atoms with van der Waals surface area (Å²) in [6.07, 6.45) is -0.611. The summed E-state index contributed by atoms with van der Waals surface area (Å²) in [5, 5.41) is 25.1. The smallest absolute Gasteiger partial charge is 0.181 e. The van der Waals surface area contributed by atoms with Crippen molar-refractivity contribution in [3.05, 3.63) is 70.9 Å². The van der Waals surface area contributed by atoms with Gasteiger partial charge >= 0.3 is 0 Å². The van der Waals surface area contributed by atoms with Crippen molar-refractivity contribution in [3.63, 3.8) is 0 Å². The van der Waals surface area contributed by atoms with E-state index in [1.54, 1.807) is 7.11 Å². The van der Waals surface area contributed by atoms with Crippen molar-refractivity contribution in [3.8, 4) is 17.0 Å². The first-order valence-corrected chi connectivity index (χ1v) is 10.7. The SMILES string of the molecule is CCC(CC)(OCc1cc(-c2cccc(OC)c2)n(Cc2ccccc2Cl)n1)C(O)O. The number of hydrogen-bond acceptors (Lipinski definition) is 5. The van der Waals surface area contributed by atoms with E-state index in [9.17, 15) is 10.2 Å². The fourth-order valence-corrected chi connectivity index (χ4v) is 3.77. The normalized spacial score (nSPS) is 11.8. The summed E-state index contributed by atoms with van der Waals surface area (Å²) in [6.45, 7) is 4.40. The summed E-state index contributed by atoms with van der Waals surface area (Å²) in [5.74, 6) is 0.750. The molecule has 2 aromatic carbocycles. The zero-order valence-electron chi connectivity index (χ0n) is 18.1. The molecule has 0 fully saturated rings. The number of rotatable bonds is 10. The van der Waals surface area contributed by atoms with Gasteiger partial charge in [0.2, 0.25) is 0 Å². The third kappa shape index (κ3) is 5.28. The zero-order chi connectivity index (χ0) is 22.4. The van der Waals surface area contributed by atoms with Gasteiger partial charge in [-0.3, -0.25) is 4.68 Å². The number of hydrogen-bond donors (Lipinski definition) is 2. The van der Waals surface area contributed by atoms with Gasteiger partial charge < -0.3 is 19.7 Å². The fourth-order valence-electron chi connectivity index (χ4n) is 3.58. The van der Waals surface area contributed by atoms with E-state index in [4.69, 9.17) is 26.2 Å².